The number of aromatic nitrogens is 1. The van der Waals surface area contributed by atoms with E-state index in [1.54, 1.807) is 24.9 Å². The Morgan fingerprint density at radius 1 is 1.14 bits per heavy atom. The molecule has 0 aliphatic heterocycles. The molecule has 0 bridgehead atoms. The number of pyridine rings is 1. The largest absolute Gasteiger partial charge is 0.497 e. The highest BCUT2D eigenvalue weighted by molar-refractivity contribution is 7.98. The number of ether oxygens (including phenoxy) is 1. The lowest BCUT2D eigenvalue weighted by molar-refractivity contribution is 0.415. The summed E-state index contributed by atoms with van der Waals surface area (Å²) in [6.07, 6.45) is 0. The Balaban J connectivity index is 2.00. The molecule has 4 heteroatoms. The first-order valence-corrected chi connectivity index (χ1v) is 8.05. The van der Waals surface area contributed by atoms with Crippen molar-refractivity contribution in [2.24, 2.45) is 0 Å². The van der Waals surface area contributed by atoms with Gasteiger partial charge >= 0.3 is 0 Å². The van der Waals surface area contributed by atoms with Crippen LogP contribution < -0.4 is 10.2 Å². The third kappa shape index (κ3) is 2.88. The summed E-state index contributed by atoms with van der Waals surface area (Å²) in [5.74, 6) is 1.35. The molecular weight excluding hydrogens is 294 g/mol. The van der Waals surface area contributed by atoms with Gasteiger partial charge in [0.2, 0.25) is 0 Å². The van der Waals surface area contributed by atoms with E-state index in [4.69, 9.17) is 4.74 Å². The predicted octanol–water partition coefficient (Wildman–Crippen LogP) is 4.14. The quantitative estimate of drug-likeness (QED) is 0.736. The molecule has 0 spiro atoms. The second kappa shape index (κ2) is 6.28. The van der Waals surface area contributed by atoms with Gasteiger partial charge < -0.3 is 9.72 Å². The number of H-pyrrole nitrogens is 1. The minimum absolute atomic E-state index is 0.0774. The zero-order valence-corrected chi connectivity index (χ0v) is 13.4. The molecule has 0 radical (unpaired) electrons. The van der Waals surface area contributed by atoms with Crippen molar-refractivity contribution in [3.05, 3.63) is 70.0 Å². The van der Waals surface area contributed by atoms with Crippen LogP contribution >= 0.6 is 11.8 Å². The Kier molecular flexibility index (Phi) is 4.20. The summed E-state index contributed by atoms with van der Waals surface area (Å²) in [4.78, 5) is 17.2. The topological polar surface area (TPSA) is 42.1 Å². The molecule has 0 saturated heterocycles. The van der Waals surface area contributed by atoms with Gasteiger partial charge in [0.05, 0.1) is 7.11 Å². The van der Waals surface area contributed by atoms with Gasteiger partial charge in [-0.1, -0.05) is 18.2 Å². The Morgan fingerprint density at radius 2 is 1.91 bits per heavy atom. The van der Waals surface area contributed by atoms with Crippen molar-refractivity contribution >= 4 is 22.7 Å². The number of hydrogen-bond acceptors (Lipinski definition) is 3. The lowest BCUT2D eigenvalue weighted by atomic mass is 10.1. The van der Waals surface area contributed by atoms with Crippen molar-refractivity contribution in [1.29, 1.82) is 0 Å². The van der Waals surface area contributed by atoms with Crippen LogP contribution in [0.25, 0.3) is 10.9 Å². The van der Waals surface area contributed by atoms with E-state index in [-0.39, 0.29) is 5.43 Å². The Hall–Kier alpha value is -2.20. The molecule has 22 heavy (non-hydrogen) atoms. The summed E-state index contributed by atoms with van der Waals surface area (Å²) in [7, 11) is 1.61. The summed E-state index contributed by atoms with van der Waals surface area (Å²) >= 11 is 1.67. The number of fused-ring (bicyclic) bond motifs is 1. The summed E-state index contributed by atoms with van der Waals surface area (Å²) in [6, 6.07) is 15.6. The molecule has 0 aliphatic rings. The zero-order chi connectivity index (χ0) is 15.5. The average Bonchev–Trinajstić information content (AvgIpc) is 2.55. The van der Waals surface area contributed by atoms with Crippen LogP contribution in [0.15, 0.2) is 58.2 Å². The van der Waals surface area contributed by atoms with Gasteiger partial charge in [0.15, 0.2) is 5.43 Å². The third-order valence-electron chi connectivity index (χ3n) is 3.65. The molecule has 3 aromatic rings. The lowest BCUT2D eigenvalue weighted by Crippen LogP contribution is -2.12. The Morgan fingerprint density at radius 3 is 2.64 bits per heavy atom. The van der Waals surface area contributed by atoms with Crippen LogP contribution in [0.2, 0.25) is 0 Å². The molecule has 2 aromatic carbocycles. The van der Waals surface area contributed by atoms with Crippen LogP contribution in [0.4, 0.5) is 0 Å². The van der Waals surface area contributed by atoms with Crippen LogP contribution in [0.3, 0.4) is 0 Å². The Labute approximate surface area is 133 Å². The van der Waals surface area contributed by atoms with Crippen LogP contribution in [0.5, 0.6) is 5.75 Å². The van der Waals surface area contributed by atoms with Gasteiger partial charge in [-0.2, -0.15) is 0 Å². The van der Waals surface area contributed by atoms with Crippen LogP contribution in [-0.2, 0) is 5.75 Å². The van der Waals surface area contributed by atoms with Crippen molar-refractivity contribution in [1.82, 2.24) is 4.98 Å². The van der Waals surface area contributed by atoms with Crippen molar-refractivity contribution in [3.8, 4) is 5.75 Å². The van der Waals surface area contributed by atoms with Crippen LogP contribution in [0, 0.1) is 6.92 Å². The maximum absolute atomic E-state index is 12.7. The number of nitrogens with one attached hydrogen (secondary N) is 1. The smallest absolute Gasteiger partial charge is 0.193 e. The Bertz CT molecular complexity index is 856. The van der Waals surface area contributed by atoms with Crippen molar-refractivity contribution < 1.29 is 4.74 Å². The normalized spacial score (nSPS) is 10.8. The van der Waals surface area contributed by atoms with Gasteiger partial charge in [-0.3, -0.25) is 4.79 Å². The van der Waals surface area contributed by atoms with E-state index < -0.39 is 0 Å². The van der Waals surface area contributed by atoms with E-state index in [0.717, 1.165) is 21.7 Å². The number of benzene rings is 2. The molecule has 1 heterocycles. The lowest BCUT2D eigenvalue weighted by Gasteiger charge is -2.09. The molecule has 3 nitrogen and oxygen atoms in total. The number of aryl methyl sites for hydroxylation is 1. The number of thioether (sulfide) groups is 1. The van der Waals surface area contributed by atoms with E-state index in [1.807, 2.05) is 37.3 Å². The standard InChI is InChI=1S/C18H17NO2S/c1-12-16(11-22-14-6-4-3-5-7-14)18(20)15-10-13(21-2)8-9-17(15)19-12/h3-10H,11H2,1-2H3,(H,19,20). The number of hydrogen-bond donors (Lipinski definition) is 1. The summed E-state index contributed by atoms with van der Waals surface area (Å²) < 4.78 is 5.22. The number of aromatic amines is 1. The van der Waals surface area contributed by atoms with Crippen molar-refractivity contribution in [2.45, 2.75) is 17.6 Å². The number of rotatable bonds is 4. The maximum atomic E-state index is 12.7. The second-order valence-electron chi connectivity index (χ2n) is 5.07. The predicted molar refractivity (Wildman–Crippen MR) is 91.9 cm³/mol. The molecule has 0 fully saturated rings. The van der Waals surface area contributed by atoms with Crippen molar-refractivity contribution in [3.63, 3.8) is 0 Å². The highest BCUT2D eigenvalue weighted by atomic mass is 32.2. The van der Waals surface area contributed by atoms with E-state index in [0.29, 0.717) is 16.9 Å². The molecule has 112 valence electrons. The molecular formula is C18H17NO2S. The fourth-order valence-electron chi connectivity index (χ4n) is 2.40. The summed E-state index contributed by atoms with van der Waals surface area (Å²) in [5.41, 5.74) is 2.66. The van der Waals surface area contributed by atoms with Crippen LogP contribution in [0.1, 0.15) is 11.3 Å². The second-order valence-corrected chi connectivity index (χ2v) is 6.12. The third-order valence-corrected chi connectivity index (χ3v) is 4.69. The highest BCUT2D eigenvalue weighted by Gasteiger charge is 2.10. The average molecular weight is 311 g/mol. The molecule has 0 amide bonds. The molecule has 0 saturated carbocycles. The first-order chi connectivity index (χ1) is 10.7. The first-order valence-electron chi connectivity index (χ1n) is 7.06. The fourth-order valence-corrected chi connectivity index (χ4v) is 3.41. The number of methoxy groups -OCH3 is 1. The molecule has 0 unspecified atom stereocenters. The summed E-state index contributed by atoms with van der Waals surface area (Å²) in [6.45, 7) is 1.95. The van der Waals surface area contributed by atoms with E-state index >= 15 is 0 Å². The van der Waals surface area contributed by atoms with Gasteiger partial charge in [0.1, 0.15) is 5.75 Å². The summed E-state index contributed by atoms with van der Waals surface area (Å²) in [5, 5.41) is 0.675. The van der Waals surface area contributed by atoms with Gasteiger partial charge in [0.25, 0.3) is 0 Å². The molecule has 0 aliphatic carbocycles. The van der Waals surface area contributed by atoms with Gasteiger partial charge in [0, 0.05) is 32.8 Å². The minimum Gasteiger partial charge on any atom is -0.497 e. The molecule has 1 aromatic heterocycles. The van der Waals surface area contributed by atoms with E-state index in [1.165, 1.54) is 0 Å². The molecule has 1 N–H and O–H groups in total. The first kappa shape index (κ1) is 14.7. The highest BCUT2D eigenvalue weighted by Crippen LogP contribution is 2.24. The van der Waals surface area contributed by atoms with Crippen LogP contribution in [-0.4, -0.2) is 12.1 Å². The van der Waals surface area contributed by atoms with Crippen molar-refractivity contribution in [2.75, 3.05) is 7.11 Å². The monoisotopic (exact) mass is 311 g/mol. The SMILES string of the molecule is COc1ccc2[nH]c(C)c(CSc3ccccc3)c(=O)c2c1. The zero-order valence-electron chi connectivity index (χ0n) is 12.6. The van der Waals surface area contributed by atoms with Gasteiger partial charge in [-0.15, -0.1) is 11.8 Å². The molecule has 3 rings (SSSR count). The van der Waals surface area contributed by atoms with Gasteiger partial charge in [-0.05, 0) is 37.3 Å². The van der Waals surface area contributed by atoms with E-state index in [2.05, 4.69) is 17.1 Å². The molecule has 0 atom stereocenters. The fraction of sp³-hybridized carbons (Fsp3) is 0.167. The maximum Gasteiger partial charge on any atom is 0.193 e. The minimum atomic E-state index is 0.0774. The van der Waals surface area contributed by atoms with E-state index in [9.17, 15) is 4.79 Å². The van der Waals surface area contributed by atoms with Gasteiger partial charge in [-0.25, -0.2) is 0 Å².